The number of carbonyl (C=O) groups is 1. The van der Waals surface area contributed by atoms with Crippen molar-refractivity contribution in [3.8, 4) is 22.3 Å². The first kappa shape index (κ1) is 22.8. The molecule has 0 radical (unpaired) electrons. The summed E-state index contributed by atoms with van der Waals surface area (Å²) in [4.78, 5) is 11.6. The molecule has 0 aromatic heterocycles. The summed E-state index contributed by atoms with van der Waals surface area (Å²) in [5.41, 5.74) is 12.9. The third kappa shape index (κ3) is 4.19. The Bertz CT molecular complexity index is 1440. The molecule has 2 aliphatic carbocycles. The minimum Gasteiger partial charge on any atom is -0.295 e. The van der Waals surface area contributed by atoms with Gasteiger partial charge in [0.2, 0.25) is 0 Å². The molecule has 0 aliphatic heterocycles. The molecule has 0 saturated carbocycles. The molecule has 2 aliphatic rings. The lowest BCUT2D eigenvalue weighted by molar-refractivity contribution is 0.101. The number of benzene rings is 4. The number of hydrogen-bond acceptors (Lipinski definition) is 1. The van der Waals surface area contributed by atoms with Gasteiger partial charge in [-0.1, -0.05) is 97.1 Å². The van der Waals surface area contributed by atoms with Crippen LogP contribution in [0, 0.1) is 0 Å². The van der Waals surface area contributed by atoms with Crippen LogP contribution in [0.1, 0.15) is 57.4 Å². The number of allylic oxidation sites excluding steroid dienone is 2. The van der Waals surface area contributed by atoms with Gasteiger partial charge in [0.25, 0.3) is 0 Å². The molecular weight excluding hydrogens is 424 g/mol. The fourth-order valence-corrected chi connectivity index (χ4v) is 5.56. The normalized spacial score (nSPS) is 14.0. The minimum atomic E-state index is 0.157. The highest BCUT2D eigenvalue weighted by Crippen LogP contribution is 2.46. The standard InChI is InChI=1S/C19H18.C15H12O/c1-3-7-14-11-12-18-17-10-6-5-9-16(17)15(8-4-2)19(18)13-14;1-10(16)12-7-4-8-14-13-6-3-2-5-11(13)9-15(12)14/h3-6,9-13,15H,1-2,7-8H2;2-8H,9H2,1H3. The molecule has 4 aromatic rings. The maximum absolute atomic E-state index is 11.6. The van der Waals surface area contributed by atoms with Gasteiger partial charge in [-0.3, -0.25) is 4.79 Å². The summed E-state index contributed by atoms with van der Waals surface area (Å²) < 4.78 is 0. The molecule has 1 unspecified atom stereocenters. The molecule has 1 nitrogen and oxygen atoms in total. The van der Waals surface area contributed by atoms with Crippen molar-refractivity contribution >= 4 is 5.78 Å². The average Bonchev–Trinajstić information content (AvgIpc) is 3.41. The summed E-state index contributed by atoms with van der Waals surface area (Å²) >= 11 is 0. The monoisotopic (exact) mass is 454 g/mol. The van der Waals surface area contributed by atoms with Crippen LogP contribution in [0.25, 0.3) is 22.3 Å². The van der Waals surface area contributed by atoms with Gasteiger partial charge in [-0.25, -0.2) is 0 Å². The number of carbonyl (C=O) groups excluding carboxylic acids is 1. The van der Waals surface area contributed by atoms with Crippen molar-refractivity contribution in [2.75, 3.05) is 0 Å². The molecule has 1 heteroatoms. The first-order valence-electron chi connectivity index (χ1n) is 12.3. The third-order valence-electron chi connectivity index (χ3n) is 7.13. The molecule has 35 heavy (non-hydrogen) atoms. The van der Waals surface area contributed by atoms with Gasteiger partial charge in [-0.15, -0.1) is 13.2 Å². The molecule has 6 rings (SSSR count). The van der Waals surface area contributed by atoms with E-state index in [1.54, 1.807) is 6.92 Å². The second kappa shape index (κ2) is 9.72. The quantitative estimate of drug-likeness (QED) is 0.192. The molecule has 0 saturated heterocycles. The van der Waals surface area contributed by atoms with Crippen molar-refractivity contribution in [2.24, 2.45) is 0 Å². The Kier molecular flexibility index (Phi) is 6.33. The Hall–Kier alpha value is -3.97. The van der Waals surface area contributed by atoms with Gasteiger partial charge < -0.3 is 0 Å². The predicted octanol–water partition coefficient (Wildman–Crippen LogP) is 8.56. The van der Waals surface area contributed by atoms with E-state index in [2.05, 4.69) is 79.9 Å². The fourth-order valence-electron chi connectivity index (χ4n) is 5.56. The Labute approximate surface area is 208 Å². The predicted molar refractivity (Wildman–Crippen MR) is 147 cm³/mol. The van der Waals surface area contributed by atoms with Gasteiger partial charge in [0.1, 0.15) is 0 Å². The van der Waals surface area contributed by atoms with Crippen molar-refractivity contribution in [1.82, 2.24) is 0 Å². The first-order chi connectivity index (χ1) is 17.1. The second-order valence-electron chi connectivity index (χ2n) is 9.30. The summed E-state index contributed by atoms with van der Waals surface area (Å²) in [5.74, 6) is 0.623. The van der Waals surface area contributed by atoms with Crippen LogP contribution in [0.5, 0.6) is 0 Å². The molecule has 4 aromatic carbocycles. The number of ketones is 1. The number of rotatable bonds is 5. The van der Waals surface area contributed by atoms with Gasteiger partial charge in [0.05, 0.1) is 0 Å². The van der Waals surface area contributed by atoms with Crippen LogP contribution in [-0.4, -0.2) is 5.78 Å². The molecular formula is C34H30O. The number of Topliss-reactive ketones (excluding diaryl/α,β-unsaturated/α-hetero) is 1. The summed E-state index contributed by atoms with van der Waals surface area (Å²) in [7, 11) is 0. The second-order valence-corrected chi connectivity index (χ2v) is 9.30. The summed E-state index contributed by atoms with van der Waals surface area (Å²) in [6, 6.07) is 29.9. The lowest BCUT2D eigenvalue weighted by Gasteiger charge is -2.11. The van der Waals surface area contributed by atoms with E-state index in [0.29, 0.717) is 5.92 Å². The highest BCUT2D eigenvalue weighted by molar-refractivity contribution is 5.99. The molecule has 0 amide bonds. The van der Waals surface area contributed by atoms with Gasteiger partial charge in [0, 0.05) is 11.5 Å². The molecule has 0 heterocycles. The van der Waals surface area contributed by atoms with Gasteiger partial charge in [0.15, 0.2) is 5.78 Å². The largest absolute Gasteiger partial charge is 0.295 e. The number of fused-ring (bicyclic) bond motifs is 6. The van der Waals surface area contributed by atoms with Crippen molar-refractivity contribution in [3.63, 3.8) is 0 Å². The van der Waals surface area contributed by atoms with Crippen LogP contribution in [0.2, 0.25) is 0 Å². The lowest BCUT2D eigenvalue weighted by atomic mass is 9.92. The maximum atomic E-state index is 11.6. The van der Waals surface area contributed by atoms with Crippen molar-refractivity contribution in [2.45, 2.75) is 32.1 Å². The van der Waals surface area contributed by atoms with Crippen molar-refractivity contribution in [3.05, 3.63) is 144 Å². The molecule has 0 N–H and O–H groups in total. The minimum absolute atomic E-state index is 0.157. The molecule has 0 bridgehead atoms. The summed E-state index contributed by atoms with van der Waals surface area (Å²) in [6.07, 6.45) is 6.82. The van der Waals surface area contributed by atoms with Gasteiger partial charge in [-0.05, 0) is 76.3 Å². The van der Waals surface area contributed by atoms with Crippen LogP contribution in [0.15, 0.2) is 110 Å². The van der Waals surface area contributed by atoms with Crippen LogP contribution in [-0.2, 0) is 12.8 Å². The van der Waals surface area contributed by atoms with E-state index in [0.717, 1.165) is 24.8 Å². The zero-order valence-electron chi connectivity index (χ0n) is 20.3. The average molecular weight is 455 g/mol. The Balaban J connectivity index is 0.000000147. The summed E-state index contributed by atoms with van der Waals surface area (Å²) in [6.45, 7) is 9.38. The zero-order chi connectivity index (χ0) is 24.4. The van der Waals surface area contributed by atoms with Crippen molar-refractivity contribution < 1.29 is 4.79 Å². The smallest absolute Gasteiger partial charge is 0.160 e. The molecule has 172 valence electrons. The highest BCUT2D eigenvalue weighted by Gasteiger charge is 2.27. The van der Waals surface area contributed by atoms with E-state index in [4.69, 9.17) is 0 Å². The van der Waals surface area contributed by atoms with E-state index >= 15 is 0 Å². The maximum Gasteiger partial charge on any atom is 0.160 e. The summed E-state index contributed by atoms with van der Waals surface area (Å²) in [5, 5.41) is 0. The van der Waals surface area contributed by atoms with Crippen LogP contribution in [0.3, 0.4) is 0 Å². The van der Waals surface area contributed by atoms with E-state index in [1.165, 1.54) is 50.1 Å². The van der Waals surface area contributed by atoms with Gasteiger partial charge >= 0.3 is 0 Å². The fraction of sp³-hybridized carbons (Fsp3) is 0.147. The SMILES string of the molecule is C=CCc1ccc2c(c1)C(CC=C)c1ccccc1-2.CC(=O)c1cccc2c1Cc1ccccc1-2. The van der Waals surface area contributed by atoms with Gasteiger partial charge in [-0.2, -0.15) is 0 Å². The Morgan fingerprint density at radius 2 is 1.51 bits per heavy atom. The first-order valence-corrected chi connectivity index (χ1v) is 12.3. The molecule has 0 fully saturated rings. The Morgan fingerprint density at radius 3 is 2.29 bits per heavy atom. The van der Waals surface area contributed by atoms with Crippen LogP contribution >= 0.6 is 0 Å². The number of hydrogen-bond donors (Lipinski definition) is 0. The molecule has 1 atom stereocenters. The highest BCUT2D eigenvalue weighted by atomic mass is 16.1. The third-order valence-corrected chi connectivity index (χ3v) is 7.13. The Morgan fingerprint density at radius 1 is 0.800 bits per heavy atom. The molecule has 0 spiro atoms. The zero-order valence-corrected chi connectivity index (χ0v) is 20.3. The van der Waals surface area contributed by atoms with E-state index < -0.39 is 0 Å². The van der Waals surface area contributed by atoms with E-state index in [-0.39, 0.29) is 5.78 Å². The van der Waals surface area contributed by atoms with Crippen molar-refractivity contribution in [1.29, 1.82) is 0 Å². The lowest BCUT2D eigenvalue weighted by Crippen LogP contribution is -1.97. The van der Waals surface area contributed by atoms with E-state index in [9.17, 15) is 4.79 Å². The van der Waals surface area contributed by atoms with Crippen LogP contribution in [0.4, 0.5) is 0 Å². The van der Waals surface area contributed by atoms with Crippen LogP contribution < -0.4 is 0 Å². The topological polar surface area (TPSA) is 17.1 Å². The van der Waals surface area contributed by atoms with E-state index in [1.807, 2.05) is 30.4 Å².